The molecule has 6 nitrogen and oxygen atoms in total. The Balaban J connectivity index is 1.51. The lowest BCUT2D eigenvalue weighted by molar-refractivity contribution is -0.171. The number of benzene rings is 3. The van der Waals surface area contributed by atoms with Gasteiger partial charge in [0, 0.05) is 11.4 Å². The number of thioether (sulfide) groups is 2. The van der Waals surface area contributed by atoms with Gasteiger partial charge in [-0.2, -0.15) is 26.3 Å². The first-order valence-corrected chi connectivity index (χ1v) is 14.3. The Kier molecular flexibility index (Phi) is 8.26. The molecule has 2 aliphatic heterocycles. The third kappa shape index (κ3) is 5.92. The van der Waals surface area contributed by atoms with Crippen molar-refractivity contribution in [3.8, 4) is 0 Å². The molecule has 2 heterocycles. The van der Waals surface area contributed by atoms with E-state index in [0.717, 1.165) is 58.3 Å². The number of rotatable bonds is 6. The maximum Gasteiger partial charge on any atom is 0.451 e. The number of anilines is 2. The molecule has 0 N–H and O–H groups in total. The van der Waals surface area contributed by atoms with E-state index >= 15 is 0 Å². The molecular formula is C28H16F8N2O4S2. The zero-order chi connectivity index (χ0) is 32.1. The van der Waals surface area contributed by atoms with E-state index in [4.69, 9.17) is 0 Å². The van der Waals surface area contributed by atoms with Gasteiger partial charge >= 0.3 is 12.4 Å². The monoisotopic (exact) mass is 660 g/mol. The molecule has 2 saturated heterocycles. The summed E-state index contributed by atoms with van der Waals surface area (Å²) >= 11 is 0.793. The van der Waals surface area contributed by atoms with E-state index in [0.29, 0.717) is 23.5 Å². The van der Waals surface area contributed by atoms with Crippen LogP contribution in [-0.4, -0.2) is 46.2 Å². The highest BCUT2D eigenvalue weighted by molar-refractivity contribution is 8.02. The zero-order valence-corrected chi connectivity index (χ0v) is 23.2. The maximum absolute atomic E-state index is 13.5. The number of carbonyl (C=O) groups excluding carboxylic acids is 4. The molecule has 0 spiro atoms. The second kappa shape index (κ2) is 11.5. The summed E-state index contributed by atoms with van der Waals surface area (Å²) in [7, 11) is 0. The van der Waals surface area contributed by atoms with Crippen molar-refractivity contribution in [1.29, 1.82) is 0 Å². The molecule has 16 heteroatoms. The van der Waals surface area contributed by atoms with E-state index in [1.54, 1.807) is 0 Å². The Labute approximate surface area is 251 Å². The number of carbonyl (C=O) groups is 4. The van der Waals surface area contributed by atoms with E-state index in [1.165, 1.54) is 24.3 Å². The van der Waals surface area contributed by atoms with Gasteiger partial charge in [-0.3, -0.25) is 29.0 Å². The molecule has 2 aliphatic rings. The average Bonchev–Trinajstić information content (AvgIpc) is 3.49. The van der Waals surface area contributed by atoms with Gasteiger partial charge in [-0.05, 0) is 59.7 Å². The first kappa shape index (κ1) is 31.5. The van der Waals surface area contributed by atoms with Gasteiger partial charge in [0.05, 0.1) is 0 Å². The highest BCUT2D eigenvalue weighted by Crippen LogP contribution is 2.50. The minimum Gasteiger partial charge on any atom is -0.294 e. The van der Waals surface area contributed by atoms with Crippen LogP contribution in [0.3, 0.4) is 0 Å². The van der Waals surface area contributed by atoms with Crippen molar-refractivity contribution in [2.45, 2.75) is 33.6 Å². The van der Waals surface area contributed by atoms with E-state index in [9.17, 15) is 54.3 Å². The van der Waals surface area contributed by atoms with Crippen LogP contribution in [0.5, 0.6) is 0 Å². The molecule has 2 amide bonds. The zero-order valence-electron chi connectivity index (χ0n) is 21.6. The summed E-state index contributed by atoms with van der Waals surface area (Å²) in [5.74, 6) is -8.32. The van der Waals surface area contributed by atoms with Crippen LogP contribution in [0.4, 0.5) is 46.5 Å². The second-order valence-corrected chi connectivity index (χ2v) is 11.9. The van der Waals surface area contributed by atoms with Crippen LogP contribution < -0.4 is 9.80 Å². The van der Waals surface area contributed by atoms with Gasteiger partial charge in [0.25, 0.3) is 11.6 Å². The largest absolute Gasteiger partial charge is 0.451 e. The fourth-order valence-electron chi connectivity index (χ4n) is 4.63. The fourth-order valence-corrected chi connectivity index (χ4v) is 7.45. The van der Waals surface area contributed by atoms with Crippen molar-refractivity contribution < 1.29 is 54.3 Å². The Hall–Kier alpha value is -3.92. The normalized spacial score (nSPS) is 22.5. The van der Waals surface area contributed by atoms with Crippen molar-refractivity contribution in [2.24, 2.45) is 0 Å². The number of halogens is 8. The van der Waals surface area contributed by atoms with Gasteiger partial charge in [0.2, 0.25) is 11.8 Å². The molecule has 0 bridgehead atoms. The van der Waals surface area contributed by atoms with Gasteiger partial charge in [-0.1, -0.05) is 24.3 Å². The summed E-state index contributed by atoms with van der Waals surface area (Å²) in [4.78, 5) is 52.1. The lowest BCUT2D eigenvalue weighted by Crippen LogP contribution is -2.40. The molecule has 230 valence electrons. The molecule has 0 aliphatic carbocycles. The molecule has 3 aromatic carbocycles. The highest BCUT2D eigenvalue weighted by atomic mass is 32.2. The average molecular weight is 661 g/mol. The predicted octanol–water partition coefficient (Wildman–Crippen LogP) is 6.52. The molecule has 44 heavy (non-hydrogen) atoms. The molecular weight excluding hydrogens is 644 g/mol. The van der Waals surface area contributed by atoms with Gasteiger partial charge in [-0.25, -0.2) is 8.78 Å². The lowest BCUT2D eigenvalue weighted by Gasteiger charge is -2.26. The first-order valence-electron chi connectivity index (χ1n) is 12.4. The molecule has 3 aromatic rings. The number of nitrogens with zero attached hydrogens (tertiary/aromatic N) is 2. The minimum atomic E-state index is -5.32. The van der Waals surface area contributed by atoms with Crippen LogP contribution >= 0.6 is 23.5 Å². The Bertz CT molecular complexity index is 1490. The van der Waals surface area contributed by atoms with Crippen LogP contribution in [0, 0.1) is 11.6 Å². The van der Waals surface area contributed by atoms with Crippen LogP contribution in [0.25, 0.3) is 0 Å². The van der Waals surface area contributed by atoms with Crippen molar-refractivity contribution in [3.05, 3.63) is 95.6 Å². The van der Waals surface area contributed by atoms with Crippen LogP contribution in [0.2, 0.25) is 0 Å². The standard InChI is InChI=1S/C28H16F8N2O4S2/c29-15-5-9-17(10-6-15)37-23(41)19(21(39)27(31,32)33)43-25(37)13-1-2-14(4-3-13)26-38(18-11-7-16(30)8-12-18)24(42)20(44-26)22(40)28(34,35)36/h1-12,19-20,25-26H. The smallest absolute Gasteiger partial charge is 0.294 e. The Morgan fingerprint density at radius 2 is 0.841 bits per heavy atom. The van der Waals surface area contributed by atoms with Gasteiger partial charge < -0.3 is 0 Å². The van der Waals surface area contributed by atoms with Crippen LogP contribution in [-0.2, 0) is 19.2 Å². The molecule has 0 radical (unpaired) electrons. The highest BCUT2D eigenvalue weighted by Gasteiger charge is 2.55. The summed E-state index contributed by atoms with van der Waals surface area (Å²) in [6, 6.07) is 13.8. The number of hydrogen-bond acceptors (Lipinski definition) is 6. The minimum absolute atomic E-state index is 0.00314. The quantitative estimate of drug-likeness (QED) is 0.222. The van der Waals surface area contributed by atoms with E-state index in [-0.39, 0.29) is 22.5 Å². The van der Waals surface area contributed by atoms with E-state index < -0.39 is 68.6 Å². The summed E-state index contributed by atoms with van der Waals surface area (Å²) in [5, 5.41) is -6.72. The summed E-state index contributed by atoms with van der Waals surface area (Å²) in [6.45, 7) is 0. The number of Topliss-reactive ketones (excluding diaryl/α,β-unsaturated/α-hetero) is 2. The molecule has 0 saturated carbocycles. The van der Waals surface area contributed by atoms with Crippen LogP contribution in [0.15, 0.2) is 72.8 Å². The van der Waals surface area contributed by atoms with Crippen molar-refractivity contribution in [1.82, 2.24) is 0 Å². The summed E-state index contributed by atoms with van der Waals surface area (Å²) in [5.41, 5.74) is 0.394. The van der Waals surface area contributed by atoms with Crippen molar-refractivity contribution >= 4 is 58.3 Å². The second-order valence-electron chi connectivity index (χ2n) is 9.50. The summed E-state index contributed by atoms with van der Waals surface area (Å²) < 4.78 is 107. The third-order valence-corrected chi connectivity index (χ3v) is 9.53. The van der Waals surface area contributed by atoms with Gasteiger partial charge in [0.1, 0.15) is 22.4 Å². The molecule has 5 rings (SSSR count). The summed E-state index contributed by atoms with van der Waals surface area (Å²) in [6.07, 6.45) is -10.6. The van der Waals surface area contributed by atoms with Crippen molar-refractivity contribution in [3.63, 3.8) is 0 Å². The number of ketones is 2. The van der Waals surface area contributed by atoms with E-state index in [2.05, 4.69) is 0 Å². The van der Waals surface area contributed by atoms with Crippen molar-refractivity contribution in [2.75, 3.05) is 9.80 Å². The number of hydrogen-bond donors (Lipinski definition) is 0. The van der Waals surface area contributed by atoms with Gasteiger partial charge in [-0.15, -0.1) is 23.5 Å². The molecule has 4 atom stereocenters. The predicted molar refractivity (Wildman–Crippen MR) is 145 cm³/mol. The molecule has 2 fully saturated rings. The maximum atomic E-state index is 13.5. The van der Waals surface area contributed by atoms with Crippen LogP contribution in [0.1, 0.15) is 21.9 Å². The first-order chi connectivity index (χ1) is 20.6. The molecule has 0 aromatic heterocycles. The fraction of sp³-hybridized carbons (Fsp3) is 0.214. The molecule has 4 unspecified atom stereocenters. The van der Waals surface area contributed by atoms with E-state index in [1.807, 2.05) is 0 Å². The topological polar surface area (TPSA) is 74.8 Å². The lowest BCUT2D eigenvalue weighted by atomic mass is 10.1. The number of alkyl halides is 6. The SMILES string of the molecule is O=C1C(C(=O)C(F)(F)F)SC(c2ccc(C3SC(C(=O)C(F)(F)F)C(=O)N3c3ccc(F)cc3)cc2)N1c1ccc(F)cc1. The Morgan fingerprint density at radius 3 is 1.11 bits per heavy atom. The third-order valence-electron chi connectivity index (χ3n) is 6.67. The number of amides is 2. The van der Waals surface area contributed by atoms with Gasteiger partial charge in [0.15, 0.2) is 10.5 Å². The Morgan fingerprint density at radius 1 is 0.545 bits per heavy atom.